The summed E-state index contributed by atoms with van der Waals surface area (Å²) in [4.78, 5) is 5.97. The van der Waals surface area contributed by atoms with Crippen molar-refractivity contribution >= 4 is 44.9 Å². The van der Waals surface area contributed by atoms with E-state index < -0.39 is 0 Å². The van der Waals surface area contributed by atoms with Crippen LogP contribution < -0.4 is 5.32 Å². The van der Waals surface area contributed by atoms with Gasteiger partial charge in [0, 0.05) is 31.6 Å². The zero-order valence-corrected chi connectivity index (χ0v) is 15.5. The van der Waals surface area contributed by atoms with Gasteiger partial charge in [0.05, 0.1) is 11.4 Å². The zero-order valence-electron chi connectivity index (χ0n) is 14.6. The van der Waals surface area contributed by atoms with E-state index in [0.717, 1.165) is 0 Å². The fourth-order valence-electron chi connectivity index (χ4n) is 3.38. The highest BCUT2D eigenvalue weighted by atomic mass is 32.2. The average Bonchev–Trinajstić information content (AvgIpc) is 3.11. The third-order valence-electron chi connectivity index (χ3n) is 4.68. The van der Waals surface area contributed by atoms with Gasteiger partial charge in [0.2, 0.25) is 0 Å². The molecule has 0 amide bonds. The van der Waals surface area contributed by atoms with Gasteiger partial charge < -0.3 is 10.3 Å². The van der Waals surface area contributed by atoms with E-state index in [1.165, 1.54) is 43.0 Å². The van der Waals surface area contributed by atoms with E-state index in [-0.39, 0.29) is 0 Å². The molecule has 0 saturated heterocycles. The monoisotopic (exact) mass is 366 g/mol. The number of hydrogen-bond acceptors (Lipinski definition) is 2. The second-order valence-electron chi connectivity index (χ2n) is 6.44. The summed E-state index contributed by atoms with van der Waals surface area (Å²) in [5.74, 6) is 0. The summed E-state index contributed by atoms with van der Waals surface area (Å²) in [6.45, 7) is 0. The average molecular weight is 366 g/mol. The largest absolute Gasteiger partial charge is 0.355 e. The second kappa shape index (κ2) is 6.86. The number of aromatic nitrogens is 1. The predicted molar refractivity (Wildman–Crippen MR) is 116 cm³/mol. The topological polar surface area (TPSA) is 27.8 Å². The Morgan fingerprint density at radius 2 is 0.926 bits per heavy atom. The van der Waals surface area contributed by atoms with Gasteiger partial charge in [-0.15, -0.1) is 0 Å². The maximum atomic E-state index is 3.42. The molecule has 0 saturated carbocycles. The summed E-state index contributed by atoms with van der Waals surface area (Å²) in [5, 5.41) is 6.03. The lowest BCUT2D eigenvalue weighted by molar-refractivity contribution is 1.32. The number of hydrogen-bond donors (Lipinski definition) is 2. The van der Waals surface area contributed by atoms with Crippen LogP contribution in [0.15, 0.2) is 107 Å². The number of fused-ring (bicyclic) bond motifs is 5. The molecule has 5 aromatic rings. The summed E-state index contributed by atoms with van der Waals surface area (Å²) in [7, 11) is 0. The minimum atomic E-state index is 1.20. The third-order valence-corrected chi connectivity index (χ3v) is 5.83. The van der Waals surface area contributed by atoms with Crippen LogP contribution in [0.1, 0.15) is 0 Å². The van der Waals surface area contributed by atoms with Gasteiger partial charge in [-0.1, -0.05) is 72.4 Å². The number of nitrogens with one attached hydrogen (secondary N) is 2. The molecule has 1 aliphatic rings. The molecule has 0 bridgehead atoms. The van der Waals surface area contributed by atoms with Crippen molar-refractivity contribution in [1.29, 1.82) is 0 Å². The van der Waals surface area contributed by atoms with Gasteiger partial charge in [-0.05, 0) is 36.4 Å². The van der Waals surface area contributed by atoms with Gasteiger partial charge in [0.15, 0.2) is 0 Å². The van der Waals surface area contributed by atoms with Crippen molar-refractivity contribution in [2.24, 2.45) is 0 Å². The number of anilines is 2. The van der Waals surface area contributed by atoms with Crippen molar-refractivity contribution in [2.75, 3.05) is 5.32 Å². The fraction of sp³-hybridized carbons (Fsp3) is 0. The highest BCUT2D eigenvalue weighted by Crippen LogP contribution is 2.43. The van der Waals surface area contributed by atoms with E-state index in [1.807, 2.05) is 11.8 Å². The van der Waals surface area contributed by atoms with Crippen molar-refractivity contribution < 1.29 is 0 Å². The molecule has 0 unspecified atom stereocenters. The molecular formula is C24H18N2S. The van der Waals surface area contributed by atoms with Crippen molar-refractivity contribution in [3.05, 3.63) is 97.1 Å². The minimum absolute atomic E-state index is 1.20. The van der Waals surface area contributed by atoms with Gasteiger partial charge in [-0.25, -0.2) is 0 Å². The first-order valence-corrected chi connectivity index (χ1v) is 9.78. The van der Waals surface area contributed by atoms with E-state index in [2.05, 4.69) is 107 Å². The van der Waals surface area contributed by atoms with E-state index in [9.17, 15) is 0 Å². The molecule has 0 spiro atoms. The number of benzene rings is 4. The van der Waals surface area contributed by atoms with Gasteiger partial charge in [-0.3, -0.25) is 0 Å². The maximum Gasteiger partial charge on any atom is 0.0526 e. The number of aromatic amines is 1. The maximum absolute atomic E-state index is 3.42. The quantitative estimate of drug-likeness (QED) is 0.297. The summed E-state index contributed by atoms with van der Waals surface area (Å²) >= 11 is 1.82. The van der Waals surface area contributed by atoms with Crippen molar-refractivity contribution in [3.63, 3.8) is 0 Å². The van der Waals surface area contributed by atoms with Gasteiger partial charge in [0.25, 0.3) is 0 Å². The SMILES string of the molecule is c1ccc2c(c1)Nc1ccccc1S2.c1ccc2c(c1)[nH]c1ccccc12. The molecule has 2 heterocycles. The first-order chi connectivity index (χ1) is 13.4. The fourth-order valence-corrected chi connectivity index (χ4v) is 4.37. The Morgan fingerprint density at radius 3 is 1.48 bits per heavy atom. The molecule has 3 heteroatoms. The number of rotatable bonds is 0. The Bertz CT molecular complexity index is 1100. The first kappa shape index (κ1) is 16.0. The molecule has 4 aromatic carbocycles. The molecule has 6 rings (SSSR count). The molecular weight excluding hydrogens is 348 g/mol. The lowest BCUT2D eigenvalue weighted by Crippen LogP contribution is -1.98. The normalized spacial score (nSPS) is 11.9. The summed E-state index contributed by atoms with van der Waals surface area (Å²) < 4.78 is 0. The lowest BCUT2D eigenvalue weighted by atomic mass is 10.2. The Balaban J connectivity index is 0.000000119. The van der Waals surface area contributed by atoms with E-state index in [4.69, 9.17) is 0 Å². The van der Waals surface area contributed by atoms with Crippen LogP contribution in [0.3, 0.4) is 0 Å². The highest BCUT2D eigenvalue weighted by Gasteiger charge is 2.13. The van der Waals surface area contributed by atoms with Crippen LogP contribution in [0.4, 0.5) is 11.4 Å². The van der Waals surface area contributed by atoms with Crippen molar-refractivity contribution in [1.82, 2.24) is 4.98 Å². The van der Waals surface area contributed by atoms with Gasteiger partial charge in [0.1, 0.15) is 0 Å². The molecule has 2 N–H and O–H groups in total. The Kier molecular flexibility index (Phi) is 4.07. The van der Waals surface area contributed by atoms with E-state index >= 15 is 0 Å². The zero-order chi connectivity index (χ0) is 18.1. The number of H-pyrrole nitrogens is 1. The molecule has 0 aliphatic carbocycles. The highest BCUT2D eigenvalue weighted by molar-refractivity contribution is 7.99. The molecule has 0 atom stereocenters. The van der Waals surface area contributed by atoms with Gasteiger partial charge >= 0.3 is 0 Å². The molecule has 130 valence electrons. The molecule has 1 aliphatic heterocycles. The standard InChI is InChI=1S/C12H9NS.C12H9N/c1-3-7-11-9(5-1)13-10-6-2-4-8-12(10)14-11;1-3-7-11-9(5-1)10-6-2-4-8-12(10)13-11/h1-8,13H;1-8,13H. The summed E-state index contributed by atoms with van der Waals surface area (Å²) in [5.41, 5.74) is 4.83. The van der Waals surface area contributed by atoms with Crippen molar-refractivity contribution in [2.45, 2.75) is 9.79 Å². The minimum Gasteiger partial charge on any atom is -0.355 e. The second-order valence-corrected chi connectivity index (χ2v) is 7.52. The molecule has 27 heavy (non-hydrogen) atoms. The van der Waals surface area contributed by atoms with Gasteiger partial charge in [-0.2, -0.15) is 0 Å². The predicted octanol–water partition coefficient (Wildman–Crippen LogP) is 7.22. The van der Waals surface area contributed by atoms with Crippen LogP contribution in [-0.4, -0.2) is 4.98 Å². The van der Waals surface area contributed by atoms with E-state index in [1.54, 1.807) is 0 Å². The summed E-state index contributed by atoms with van der Waals surface area (Å²) in [6.07, 6.45) is 0. The van der Waals surface area contributed by atoms with Crippen molar-refractivity contribution in [3.8, 4) is 0 Å². The summed E-state index contributed by atoms with van der Waals surface area (Å²) in [6, 6.07) is 33.5. The smallest absolute Gasteiger partial charge is 0.0526 e. The van der Waals surface area contributed by atoms with Crippen LogP contribution >= 0.6 is 11.8 Å². The first-order valence-electron chi connectivity index (χ1n) is 8.97. The van der Waals surface area contributed by atoms with Crippen LogP contribution in [0.2, 0.25) is 0 Å². The molecule has 0 fully saturated rings. The molecule has 1 aromatic heterocycles. The van der Waals surface area contributed by atoms with Crippen LogP contribution in [0.25, 0.3) is 21.8 Å². The molecule has 0 radical (unpaired) electrons. The Labute approximate surface area is 162 Å². The van der Waals surface area contributed by atoms with Crippen LogP contribution in [-0.2, 0) is 0 Å². The van der Waals surface area contributed by atoms with Crippen LogP contribution in [0, 0.1) is 0 Å². The third kappa shape index (κ3) is 3.07. The van der Waals surface area contributed by atoms with Crippen LogP contribution in [0.5, 0.6) is 0 Å². The Hall–Kier alpha value is -3.17. The van der Waals surface area contributed by atoms with E-state index in [0.29, 0.717) is 0 Å². The molecule has 2 nitrogen and oxygen atoms in total. The Morgan fingerprint density at radius 1 is 0.481 bits per heavy atom. The lowest BCUT2D eigenvalue weighted by Gasteiger charge is -2.19. The number of para-hydroxylation sites is 4.